The van der Waals surface area contributed by atoms with Crippen molar-refractivity contribution in [1.29, 1.82) is 0 Å². The van der Waals surface area contributed by atoms with E-state index < -0.39 is 0 Å². The van der Waals surface area contributed by atoms with Crippen molar-refractivity contribution in [2.45, 2.75) is 27.4 Å². The Morgan fingerprint density at radius 2 is 1.72 bits per heavy atom. The quantitative estimate of drug-likeness (QED) is 0.454. The molecule has 3 heterocycles. The first-order valence-corrected chi connectivity index (χ1v) is 9.36. The van der Waals surface area contributed by atoms with Crippen LogP contribution < -0.4 is 4.74 Å². The van der Waals surface area contributed by atoms with Crippen LogP contribution in [0.5, 0.6) is 5.88 Å². The highest BCUT2D eigenvalue weighted by Crippen LogP contribution is 2.27. The van der Waals surface area contributed by atoms with Crippen molar-refractivity contribution in [1.82, 2.24) is 25.1 Å². The van der Waals surface area contributed by atoms with E-state index in [4.69, 9.17) is 19.4 Å². The van der Waals surface area contributed by atoms with E-state index in [0.29, 0.717) is 18.0 Å². The zero-order valence-electron chi connectivity index (χ0n) is 16.4. The normalized spacial score (nSPS) is 11.4. The van der Waals surface area contributed by atoms with Gasteiger partial charge in [0.1, 0.15) is 17.6 Å². The Hall–Kier alpha value is -3.74. The molecule has 0 aliphatic rings. The van der Waals surface area contributed by atoms with Gasteiger partial charge in [0.15, 0.2) is 5.65 Å². The van der Waals surface area contributed by atoms with Gasteiger partial charge < -0.3 is 4.74 Å². The third-order valence-electron chi connectivity index (χ3n) is 4.97. The van der Waals surface area contributed by atoms with E-state index >= 15 is 0 Å². The Morgan fingerprint density at radius 3 is 2.55 bits per heavy atom. The molecule has 0 unspecified atom stereocenters. The summed E-state index contributed by atoms with van der Waals surface area (Å²) in [6, 6.07) is 15.9. The van der Waals surface area contributed by atoms with E-state index in [9.17, 15) is 0 Å². The third kappa shape index (κ3) is 3.10. The molecule has 29 heavy (non-hydrogen) atoms. The van der Waals surface area contributed by atoms with Crippen molar-refractivity contribution < 1.29 is 9.37 Å². The molecule has 3 aromatic heterocycles. The minimum atomic E-state index is 0.373. The maximum absolute atomic E-state index is 5.99. The van der Waals surface area contributed by atoms with Crippen LogP contribution in [0, 0.1) is 20.8 Å². The number of pyridine rings is 1. The molecule has 0 atom stereocenters. The Labute approximate surface area is 166 Å². The molecule has 0 aliphatic heterocycles. The molecule has 0 saturated carbocycles. The summed E-state index contributed by atoms with van der Waals surface area (Å²) in [5, 5.41) is 13.5. The lowest BCUT2D eigenvalue weighted by Gasteiger charge is -2.09. The van der Waals surface area contributed by atoms with E-state index in [2.05, 4.69) is 36.3 Å². The molecule has 5 rings (SSSR count). The summed E-state index contributed by atoms with van der Waals surface area (Å²) >= 11 is 0. The summed E-state index contributed by atoms with van der Waals surface area (Å²) in [4.78, 5) is 4.75. The van der Waals surface area contributed by atoms with Crippen LogP contribution in [0.3, 0.4) is 0 Å². The standard InChI is InChI=1S/C22H19N5O2/c1-13-4-7-17(8-5-13)27-22-21(15(3)24-27)14(2)10-20(23-22)28-12-16-6-9-18-19(11-16)26-29-25-18/h4-11H,12H2,1-3H3. The van der Waals surface area contributed by atoms with Gasteiger partial charge in [-0.05, 0) is 66.5 Å². The second-order valence-corrected chi connectivity index (χ2v) is 7.18. The zero-order valence-corrected chi connectivity index (χ0v) is 16.4. The van der Waals surface area contributed by atoms with Gasteiger partial charge in [-0.2, -0.15) is 10.1 Å². The minimum absolute atomic E-state index is 0.373. The molecule has 5 aromatic rings. The van der Waals surface area contributed by atoms with Gasteiger partial charge >= 0.3 is 0 Å². The Bertz CT molecular complexity index is 1340. The predicted octanol–water partition coefficient (Wildman–Crippen LogP) is 4.46. The fourth-order valence-electron chi connectivity index (χ4n) is 3.49. The van der Waals surface area contributed by atoms with Crippen LogP contribution in [0.1, 0.15) is 22.4 Å². The van der Waals surface area contributed by atoms with Gasteiger partial charge in [-0.25, -0.2) is 9.31 Å². The fourth-order valence-corrected chi connectivity index (χ4v) is 3.49. The van der Waals surface area contributed by atoms with E-state index in [1.54, 1.807) is 0 Å². The third-order valence-corrected chi connectivity index (χ3v) is 4.97. The van der Waals surface area contributed by atoms with Crippen LogP contribution >= 0.6 is 0 Å². The Morgan fingerprint density at radius 1 is 0.931 bits per heavy atom. The highest BCUT2D eigenvalue weighted by molar-refractivity contribution is 5.84. The van der Waals surface area contributed by atoms with Crippen molar-refractivity contribution in [2.24, 2.45) is 0 Å². The second kappa shape index (κ2) is 6.70. The number of nitrogens with zero attached hydrogens (tertiary/aromatic N) is 5. The van der Waals surface area contributed by atoms with Crippen molar-refractivity contribution >= 4 is 22.1 Å². The molecule has 7 heteroatoms. The molecule has 7 nitrogen and oxygen atoms in total. The van der Waals surface area contributed by atoms with E-state index in [1.165, 1.54) is 5.56 Å². The summed E-state index contributed by atoms with van der Waals surface area (Å²) in [5.74, 6) is 0.557. The van der Waals surface area contributed by atoms with Crippen molar-refractivity contribution in [2.75, 3.05) is 0 Å². The molecular weight excluding hydrogens is 366 g/mol. The molecular formula is C22H19N5O2. The molecule has 0 saturated heterocycles. The number of aryl methyl sites for hydroxylation is 3. The number of fused-ring (bicyclic) bond motifs is 2. The molecule has 0 aliphatic carbocycles. The largest absolute Gasteiger partial charge is 0.473 e. The lowest BCUT2D eigenvalue weighted by molar-refractivity contribution is 0.294. The molecule has 0 amide bonds. The number of hydrogen-bond donors (Lipinski definition) is 0. The molecule has 2 aromatic carbocycles. The number of aromatic nitrogens is 5. The number of benzene rings is 2. The number of rotatable bonds is 4. The Balaban J connectivity index is 1.51. The number of hydrogen-bond acceptors (Lipinski definition) is 6. The molecule has 144 valence electrons. The summed E-state index contributed by atoms with van der Waals surface area (Å²) in [6.45, 7) is 6.50. The van der Waals surface area contributed by atoms with Crippen LogP contribution in [0.15, 0.2) is 53.2 Å². The molecule has 0 radical (unpaired) electrons. The Kier molecular flexibility index (Phi) is 4.01. The second-order valence-electron chi connectivity index (χ2n) is 7.18. The summed E-state index contributed by atoms with van der Waals surface area (Å²) in [6.07, 6.45) is 0. The highest BCUT2D eigenvalue weighted by Gasteiger charge is 2.15. The smallest absolute Gasteiger partial charge is 0.215 e. The summed E-state index contributed by atoms with van der Waals surface area (Å²) in [7, 11) is 0. The van der Waals surface area contributed by atoms with E-state index in [0.717, 1.165) is 39.1 Å². The molecule has 0 spiro atoms. The maximum Gasteiger partial charge on any atom is 0.215 e. The monoisotopic (exact) mass is 385 g/mol. The van der Waals surface area contributed by atoms with Crippen molar-refractivity contribution in [3.05, 3.63) is 70.9 Å². The SMILES string of the molecule is Cc1ccc(-n2nc(C)c3c(C)cc(OCc4ccc5nonc5c4)nc32)cc1. The van der Waals surface area contributed by atoms with Crippen LogP contribution in [0.25, 0.3) is 27.8 Å². The van der Waals surface area contributed by atoms with Crippen LogP contribution in [0.2, 0.25) is 0 Å². The average molecular weight is 385 g/mol. The average Bonchev–Trinajstić information content (AvgIpc) is 3.31. The van der Waals surface area contributed by atoms with E-state index in [1.807, 2.05) is 48.0 Å². The maximum atomic E-state index is 5.99. The number of ether oxygens (including phenoxy) is 1. The van der Waals surface area contributed by atoms with Gasteiger partial charge in [-0.1, -0.05) is 23.8 Å². The first-order valence-electron chi connectivity index (χ1n) is 9.36. The summed E-state index contributed by atoms with van der Waals surface area (Å²) in [5.41, 5.74) is 7.39. The van der Waals surface area contributed by atoms with Crippen molar-refractivity contribution in [3.8, 4) is 11.6 Å². The fraction of sp³-hybridized carbons (Fsp3) is 0.182. The van der Waals surface area contributed by atoms with Gasteiger partial charge in [-0.15, -0.1) is 0 Å². The van der Waals surface area contributed by atoms with Crippen LogP contribution in [-0.2, 0) is 6.61 Å². The van der Waals surface area contributed by atoms with Gasteiger partial charge in [-0.3, -0.25) is 0 Å². The summed E-state index contributed by atoms with van der Waals surface area (Å²) < 4.78 is 12.6. The minimum Gasteiger partial charge on any atom is -0.473 e. The van der Waals surface area contributed by atoms with Gasteiger partial charge in [0.25, 0.3) is 0 Å². The molecule has 0 fully saturated rings. The van der Waals surface area contributed by atoms with Gasteiger partial charge in [0.2, 0.25) is 5.88 Å². The van der Waals surface area contributed by atoms with Gasteiger partial charge in [0.05, 0.1) is 11.4 Å². The predicted molar refractivity (Wildman–Crippen MR) is 109 cm³/mol. The van der Waals surface area contributed by atoms with Crippen LogP contribution in [-0.4, -0.2) is 25.1 Å². The molecule has 0 bridgehead atoms. The van der Waals surface area contributed by atoms with Gasteiger partial charge in [0, 0.05) is 11.5 Å². The topological polar surface area (TPSA) is 78.9 Å². The van der Waals surface area contributed by atoms with Crippen LogP contribution in [0.4, 0.5) is 0 Å². The molecule has 0 N–H and O–H groups in total. The lowest BCUT2D eigenvalue weighted by Crippen LogP contribution is -2.01. The highest BCUT2D eigenvalue weighted by atomic mass is 16.6. The van der Waals surface area contributed by atoms with Crippen molar-refractivity contribution in [3.63, 3.8) is 0 Å². The first kappa shape index (κ1) is 17.4. The first-order chi connectivity index (χ1) is 14.1. The van der Waals surface area contributed by atoms with E-state index in [-0.39, 0.29) is 0 Å². The zero-order chi connectivity index (χ0) is 20.0. The lowest BCUT2D eigenvalue weighted by atomic mass is 10.1.